The summed E-state index contributed by atoms with van der Waals surface area (Å²) in [5.41, 5.74) is 0. The minimum absolute atomic E-state index is 0.0306. The number of phosphoric ester groups is 10. The highest BCUT2D eigenvalue weighted by atomic mass is 31.2. The smallest absolute Gasteiger partial charge is 0.396 e. The monoisotopic (exact) mass is 2280 g/mol. The Morgan fingerprint density at radius 2 is 0.368 bits per heavy atom. The molecule has 0 saturated carbocycles. The first-order valence-electron chi connectivity index (χ1n) is 49.3. The summed E-state index contributed by atoms with van der Waals surface area (Å²) >= 11 is 0. The molecule has 0 aromatic carbocycles. The van der Waals surface area contributed by atoms with Crippen LogP contribution < -0.4 is 10.6 Å². The molecule has 0 bridgehead atoms. The number of hydrogen-bond donors (Lipinski definition) is 14. The van der Waals surface area contributed by atoms with Gasteiger partial charge in [0.05, 0.1) is 140 Å². The summed E-state index contributed by atoms with van der Waals surface area (Å²) in [5.74, 6) is 0. The number of aliphatic hydroxyl groups is 2. The second kappa shape index (κ2) is 58.9. The van der Waals surface area contributed by atoms with E-state index in [2.05, 4.69) is 10.6 Å². The molecule has 0 aliphatic carbocycles. The predicted octanol–water partition coefficient (Wildman–Crippen LogP) is 10.4. The summed E-state index contributed by atoms with van der Waals surface area (Å²) in [6.07, 6.45) is -16.5. The van der Waals surface area contributed by atoms with Crippen LogP contribution in [-0.2, 0) is 183 Å². The maximum atomic E-state index is 13.7. The molecular weight excluding hydrogens is 2130 g/mol. The lowest BCUT2D eigenvalue weighted by Gasteiger charge is -2.26. The summed E-state index contributed by atoms with van der Waals surface area (Å²) < 4.78 is 299. The molecule has 0 radical (unpaired) electrons. The van der Waals surface area contributed by atoms with E-state index in [1.807, 2.05) is 0 Å². The van der Waals surface area contributed by atoms with Crippen LogP contribution in [0.25, 0.3) is 0 Å². The molecule has 10 unspecified atom stereocenters. The highest BCUT2D eigenvalue weighted by Crippen LogP contribution is 2.59. The third-order valence-electron chi connectivity index (χ3n) is 25.0. The van der Waals surface area contributed by atoms with E-state index in [0.717, 1.165) is 84.0 Å². The van der Waals surface area contributed by atoms with Gasteiger partial charge >= 0.3 is 78.2 Å². The molecule has 14 N–H and O–H groups in total. The van der Waals surface area contributed by atoms with Crippen LogP contribution in [-0.4, -0.2) is 348 Å². The first kappa shape index (κ1) is 126. The molecule has 54 nitrogen and oxygen atoms in total. The van der Waals surface area contributed by atoms with Gasteiger partial charge in [0.2, 0.25) is 0 Å². The number of phosphoric acid groups is 10. The van der Waals surface area contributed by atoms with Crippen LogP contribution in [0.2, 0.25) is 0 Å². The van der Waals surface area contributed by atoms with Crippen molar-refractivity contribution >= 4 is 78.2 Å². The van der Waals surface area contributed by atoms with Gasteiger partial charge in [-0.25, -0.2) is 45.7 Å². The Bertz CT molecular complexity index is 4300. The number of nitrogens with one attached hydrogen (secondary N) is 2. The third kappa shape index (κ3) is 45.5. The van der Waals surface area contributed by atoms with Crippen molar-refractivity contribution in [1.29, 1.82) is 0 Å². The van der Waals surface area contributed by atoms with Crippen molar-refractivity contribution in [1.82, 2.24) is 10.6 Å². The maximum absolute atomic E-state index is 13.7. The summed E-state index contributed by atoms with van der Waals surface area (Å²) in [6.45, 7) is 13.1. The fourth-order valence-corrected chi connectivity index (χ4v) is 27.7. The fraction of sp³-hybridized carbons (Fsp3) is 1.00. The first-order chi connectivity index (χ1) is 67.5. The number of ether oxygens (including phenoxy) is 10. The molecule has 0 aromatic rings. The Hall–Kier alpha value is 0.540. The molecule has 846 valence electrons. The largest absolute Gasteiger partial charge is 0.472 e. The van der Waals surface area contributed by atoms with Crippen LogP contribution in [0.4, 0.5) is 0 Å². The average molecular weight is 2290 g/mol. The SMILES string of the molecule is C[C@H]1C[C@@H](O)[C@@H](COP(=O)(O)O[C@@H]2C[C@H](C)O[C@@H]2COP(=O)(O)O[C@@H]2C[C@H](C)O[C@@H]2COP(=O)(O)O[C@@H]2C[C@H](C)O[C@@H]2COP(=O)(O)O[C@@H]2C[C@H](C)O[C@@H]2COP(=O)(O)O[C@@H]2C[C@H](C)O[C@@H]2COP(=O)(O)O[C@@H]2C[C@H](C)O[C@@H]2COP(=O)(O)O[C@@H]2C[C@H](C)O[C@@H]2COP(=O)(O)O[C@@H]2C[C@H](C)O[C@@H]2COP(=O)(O)O[C@@H]2C[C@H](C)O[C@@H]2COP(=O)(O)OCCCCCCCCCCCCCNCCCNCCCCO)O1. The van der Waals surface area contributed by atoms with Crippen LogP contribution in [0.3, 0.4) is 0 Å². The van der Waals surface area contributed by atoms with E-state index in [0.29, 0.717) is 12.8 Å². The van der Waals surface area contributed by atoms with Gasteiger partial charge in [-0.3, -0.25) is 90.5 Å². The standard InChI is InChI=1S/C80H154N2O52P10/c1-51-31-61(84)71(116-51)41-107-136(87,88)126-63-33-53(3)118-73(63)43-109-138(91,92)128-65-35-55(5)120-75(65)45-111-140(95,96)130-67-37-57(7)122-77(67)47-113-142(99,100)132-69-39-59(9)124-79(69)49-115-144(103,104)134-70-40-60(10)125-80(70)50-114-143(101,102)133-68-38-58(8)123-78(68)48-112-141(97,98)131-66-36-56(6)121-76(66)46-110-139(93,94)129-64-34-54(4)119-74(64)44-108-137(89,90)127-62-32-52(2)117-72(62)42-106-135(85,86)105-30-23-19-17-15-13-11-12-14-16-18-20-25-81-27-24-28-82-26-21-22-29-83/h51-84H,11-50H2,1-10H3,(H,85,86)(H,87,88)(H,89,90)(H,91,92)(H,93,94)(H,95,96)(H,97,98)(H,99,100)(H,101,102)(H,103,104)/t51-,52-,53-,54-,55-,56-,57-,58-,59-,60-,61+,62+,63+,64+,65+,66+,67+,68+,69+,70+,71+,72+,73+,74+,75+,76+,77+,78+,79+,80+/m0/s1. The van der Waals surface area contributed by atoms with E-state index in [4.69, 9.17) is 143 Å². The zero-order valence-electron chi connectivity index (χ0n) is 82.8. The van der Waals surface area contributed by atoms with Gasteiger partial charge in [0.25, 0.3) is 0 Å². The minimum atomic E-state index is -5.16. The molecule has 40 atom stereocenters. The van der Waals surface area contributed by atoms with Crippen LogP contribution in [0.1, 0.15) is 223 Å². The van der Waals surface area contributed by atoms with Crippen LogP contribution >= 0.6 is 78.2 Å². The van der Waals surface area contributed by atoms with Gasteiger partial charge in [0.15, 0.2) is 0 Å². The van der Waals surface area contributed by atoms with Gasteiger partial charge in [-0.05, 0) is 128 Å². The number of unbranched alkanes of at least 4 members (excludes halogenated alkanes) is 11. The number of aliphatic hydroxyl groups excluding tert-OH is 2. The molecule has 0 aromatic heterocycles. The van der Waals surface area contributed by atoms with Crippen LogP contribution in [0, 0.1) is 0 Å². The third-order valence-corrected chi connectivity index (χ3v) is 35.1. The van der Waals surface area contributed by atoms with Crippen LogP contribution in [0.15, 0.2) is 0 Å². The Morgan fingerprint density at radius 3 is 0.562 bits per heavy atom. The highest BCUT2D eigenvalue weighted by Gasteiger charge is 2.53. The molecular formula is C80H154N2O52P10. The fourth-order valence-electron chi connectivity index (χ4n) is 18.3. The van der Waals surface area contributed by atoms with Crippen molar-refractivity contribution in [2.75, 3.05) is 105 Å². The normalized spacial score (nSPS) is 37.4. The predicted molar refractivity (Wildman–Crippen MR) is 501 cm³/mol. The first-order valence-corrected chi connectivity index (χ1v) is 64.3. The summed E-state index contributed by atoms with van der Waals surface area (Å²) in [7, 11) is -50.2. The quantitative estimate of drug-likeness (QED) is 0.0199. The lowest BCUT2D eigenvalue weighted by Crippen LogP contribution is -2.32. The Morgan fingerprint density at radius 1 is 0.208 bits per heavy atom. The Balaban J connectivity index is 0.589. The number of rotatable bonds is 71. The van der Waals surface area contributed by atoms with E-state index in [9.17, 15) is 99.7 Å². The Kier molecular flexibility index (Phi) is 51.7. The second-order valence-electron chi connectivity index (χ2n) is 38.2. The molecule has 10 aliphatic heterocycles. The van der Waals surface area contributed by atoms with E-state index < -0.39 is 321 Å². The Labute approximate surface area is 839 Å². The lowest BCUT2D eigenvalue weighted by atomic mass is 10.1. The van der Waals surface area contributed by atoms with Gasteiger partial charge in [-0.2, -0.15) is 0 Å². The molecule has 10 rings (SSSR count). The van der Waals surface area contributed by atoms with Gasteiger partial charge in [-0.1, -0.05) is 57.8 Å². The van der Waals surface area contributed by atoms with E-state index in [-0.39, 0.29) is 77.1 Å². The summed E-state index contributed by atoms with van der Waals surface area (Å²) in [5, 5.41) is 25.9. The summed E-state index contributed by atoms with van der Waals surface area (Å²) in [6, 6.07) is 0. The molecule has 10 fully saturated rings. The highest BCUT2D eigenvalue weighted by molar-refractivity contribution is 7.49. The minimum Gasteiger partial charge on any atom is -0.396 e. The zero-order valence-corrected chi connectivity index (χ0v) is 91.7. The van der Waals surface area contributed by atoms with Gasteiger partial charge < -0.3 is 117 Å². The van der Waals surface area contributed by atoms with E-state index in [1.54, 1.807) is 69.2 Å². The van der Waals surface area contributed by atoms with E-state index in [1.165, 1.54) is 25.7 Å². The lowest BCUT2D eigenvalue weighted by molar-refractivity contribution is -0.0472. The second-order valence-corrected chi connectivity index (χ2v) is 52.3. The van der Waals surface area contributed by atoms with Crippen molar-refractivity contribution in [2.45, 2.75) is 406 Å². The van der Waals surface area contributed by atoms with Gasteiger partial charge in [-0.15, -0.1) is 0 Å². The topological polar surface area (TPSA) is 714 Å². The van der Waals surface area contributed by atoms with Crippen molar-refractivity contribution < 1.29 is 243 Å². The molecule has 64 heteroatoms. The van der Waals surface area contributed by atoms with Crippen molar-refractivity contribution in [3.8, 4) is 0 Å². The zero-order chi connectivity index (χ0) is 105. The molecule has 0 amide bonds. The van der Waals surface area contributed by atoms with E-state index >= 15 is 0 Å². The molecule has 10 heterocycles. The van der Waals surface area contributed by atoms with Crippen molar-refractivity contribution in [2.24, 2.45) is 0 Å². The average Bonchev–Trinajstić information content (AvgIpc) is 1.59. The van der Waals surface area contributed by atoms with Gasteiger partial charge in [0, 0.05) is 70.8 Å². The molecule has 10 saturated heterocycles. The van der Waals surface area contributed by atoms with Crippen molar-refractivity contribution in [3.63, 3.8) is 0 Å². The summed E-state index contributed by atoms with van der Waals surface area (Å²) in [4.78, 5) is 109. The van der Waals surface area contributed by atoms with Gasteiger partial charge in [0.1, 0.15) is 116 Å². The molecule has 144 heavy (non-hydrogen) atoms. The maximum Gasteiger partial charge on any atom is 0.472 e. The van der Waals surface area contributed by atoms with Crippen molar-refractivity contribution in [3.05, 3.63) is 0 Å². The molecule has 0 spiro atoms. The van der Waals surface area contributed by atoms with Crippen LogP contribution in [0.5, 0.6) is 0 Å². The number of hydrogen-bond acceptors (Lipinski definition) is 44. The molecule has 10 aliphatic rings.